The molecule has 4 heteroatoms. The number of benzene rings is 1. The first-order valence-corrected chi connectivity index (χ1v) is 16.5. The Labute approximate surface area is 242 Å². The van der Waals surface area contributed by atoms with Gasteiger partial charge < -0.3 is 0 Å². The van der Waals surface area contributed by atoms with E-state index in [1.54, 1.807) is 12.4 Å². The Kier molecular flexibility index (Phi) is 26.0. The largest absolute Gasteiger partial charge is 0.255 e. The highest BCUT2D eigenvalue weighted by atomic mass is 32.2. The van der Waals surface area contributed by atoms with Gasteiger partial charge in [-0.1, -0.05) is 87.4 Å². The van der Waals surface area contributed by atoms with E-state index in [1.807, 2.05) is 59.9 Å². The number of nitrogens with zero attached hydrogens (tertiary/aromatic N) is 2. The van der Waals surface area contributed by atoms with Crippen LogP contribution in [-0.4, -0.2) is 34.0 Å². The van der Waals surface area contributed by atoms with Gasteiger partial charge in [-0.2, -0.15) is 23.5 Å². The maximum atomic E-state index is 4.19. The minimum absolute atomic E-state index is 0.915. The fraction of sp³-hybridized carbons (Fsp3) is 0.412. The van der Waals surface area contributed by atoms with Gasteiger partial charge in [-0.25, -0.2) is 0 Å². The first-order valence-electron chi connectivity index (χ1n) is 13.7. The highest BCUT2D eigenvalue weighted by Gasteiger charge is 1.95. The summed E-state index contributed by atoms with van der Waals surface area (Å²) in [5, 5.41) is 0. The molecule has 1 aromatic carbocycles. The number of hydrogen-bond acceptors (Lipinski definition) is 4. The van der Waals surface area contributed by atoms with Crippen molar-refractivity contribution >= 4 is 23.5 Å². The summed E-state index contributed by atoms with van der Waals surface area (Å²) < 4.78 is 0. The molecule has 0 N–H and O–H groups in total. The maximum absolute atomic E-state index is 4.19. The van der Waals surface area contributed by atoms with Crippen LogP contribution in [0.2, 0.25) is 0 Å². The molecule has 0 spiro atoms. The molecular formula is C34H50N2S2. The van der Waals surface area contributed by atoms with Crippen molar-refractivity contribution in [2.45, 2.75) is 66.2 Å². The Balaban J connectivity index is 0.000000473. The van der Waals surface area contributed by atoms with Crippen molar-refractivity contribution in [1.82, 2.24) is 9.97 Å². The van der Waals surface area contributed by atoms with E-state index in [0.717, 1.165) is 11.4 Å². The summed E-state index contributed by atoms with van der Waals surface area (Å²) >= 11 is 3.81. The third-order valence-electron chi connectivity index (χ3n) is 5.34. The number of aromatic nitrogens is 2. The highest BCUT2D eigenvalue weighted by molar-refractivity contribution is 8.02. The predicted molar refractivity (Wildman–Crippen MR) is 177 cm³/mol. The topological polar surface area (TPSA) is 25.8 Å². The number of hydrogen-bond donors (Lipinski definition) is 0. The van der Waals surface area contributed by atoms with Crippen LogP contribution in [0, 0.1) is 13.8 Å². The van der Waals surface area contributed by atoms with Crippen molar-refractivity contribution in [2.75, 3.05) is 24.0 Å². The monoisotopic (exact) mass is 550 g/mol. The summed E-state index contributed by atoms with van der Waals surface area (Å²) in [6.45, 7) is 8.60. The van der Waals surface area contributed by atoms with Crippen LogP contribution < -0.4 is 0 Å². The zero-order valence-electron chi connectivity index (χ0n) is 24.6. The molecule has 0 bridgehead atoms. The molecule has 0 saturated carbocycles. The van der Waals surface area contributed by atoms with Crippen LogP contribution in [0.5, 0.6) is 0 Å². The van der Waals surface area contributed by atoms with E-state index in [9.17, 15) is 0 Å². The van der Waals surface area contributed by atoms with Crippen molar-refractivity contribution in [3.63, 3.8) is 0 Å². The lowest BCUT2D eigenvalue weighted by Gasteiger charge is -1.96. The van der Waals surface area contributed by atoms with Crippen LogP contribution in [0.25, 0.3) is 11.4 Å². The minimum atomic E-state index is 0.915. The van der Waals surface area contributed by atoms with Gasteiger partial charge in [-0.05, 0) is 87.4 Å². The van der Waals surface area contributed by atoms with E-state index >= 15 is 0 Å². The molecular weight excluding hydrogens is 501 g/mol. The summed E-state index contributed by atoms with van der Waals surface area (Å²) in [4.78, 5) is 8.37. The molecule has 0 saturated heterocycles. The smallest absolute Gasteiger partial charge is 0.0886 e. The molecule has 3 aromatic rings. The molecule has 2 heterocycles. The summed E-state index contributed by atoms with van der Waals surface area (Å²) in [7, 11) is 0. The normalized spacial score (nSPS) is 12.3. The van der Waals surface area contributed by atoms with Crippen LogP contribution in [0.15, 0.2) is 97.4 Å². The van der Waals surface area contributed by atoms with Gasteiger partial charge in [0.15, 0.2) is 0 Å². The lowest BCUT2D eigenvalue weighted by Crippen LogP contribution is -1.83. The minimum Gasteiger partial charge on any atom is -0.255 e. The molecule has 1 aliphatic carbocycles. The molecule has 0 atom stereocenters. The first-order chi connectivity index (χ1) is 18.6. The number of thioether (sulfide) groups is 2. The quantitative estimate of drug-likeness (QED) is 0.233. The van der Waals surface area contributed by atoms with Gasteiger partial charge >= 0.3 is 0 Å². The average Bonchev–Trinajstić information content (AvgIpc) is 2.95. The summed E-state index contributed by atoms with van der Waals surface area (Å²) in [5.74, 6) is 2.59. The van der Waals surface area contributed by atoms with Crippen molar-refractivity contribution in [1.29, 1.82) is 0 Å². The Bertz CT molecular complexity index is 850. The Hall–Kier alpha value is -2.30. The lowest BCUT2D eigenvalue weighted by molar-refractivity contribution is 0.886. The van der Waals surface area contributed by atoms with E-state index in [1.165, 1.54) is 61.2 Å². The summed E-state index contributed by atoms with van der Waals surface area (Å²) in [5.41, 5.74) is 4.57. The Morgan fingerprint density at radius 2 is 0.895 bits per heavy atom. The molecule has 208 valence electrons. The number of aryl methyl sites for hydroxylation is 2. The maximum Gasteiger partial charge on any atom is 0.0886 e. The average molecular weight is 551 g/mol. The van der Waals surface area contributed by atoms with Crippen LogP contribution >= 0.6 is 23.5 Å². The second kappa shape index (κ2) is 27.7. The summed E-state index contributed by atoms with van der Waals surface area (Å²) in [6.07, 6.45) is 24.4. The highest BCUT2D eigenvalue weighted by Crippen LogP contribution is 2.11. The van der Waals surface area contributed by atoms with Crippen molar-refractivity contribution in [2.24, 2.45) is 0 Å². The van der Waals surface area contributed by atoms with Gasteiger partial charge in [0.2, 0.25) is 0 Å². The van der Waals surface area contributed by atoms with E-state index in [2.05, 4.69) is 98.7 Å². The van der Waals surface area contributed by atoms with Crippen LogP contribution in [0.3, 0.4) is 0 Å². The summed E-state index contributed by atoms with van der Waals surface area (Å²) in [6, 6.07) is 20.0. The molecule has 4 rings (SSSR count). The van der Waals surface area contributed by atoms with Crippen LogP contribution in [0.4, 0.5) is 0 Å². The van der Waals surface area contributed by atoms with Gasteiger partial charge in [-0.15, -0.1) is 0 Å². The molecule has 0 radical (unpaired) electrons. The van der Waals surface area contributed by atoms with E-state index in [-0.39, 0.29) is 0 Å². The molecule has 2 nitrogen and oxygen atoms in total. The molecule has 38 heavy (non-hydrogen) atoms. The van der Waals surface area contributed by atoms with Crippen LogP contribution in [-0.2, 0) is 0 Å². The van der Waals surface area contributed by atoms with Gasteiger partial charge in [0.1, 0.15) is 0 Å². The van der Waals surface area contributed by atoms with Crippen LogP contribution in [0.1, 0.15) is 63.5 Å². The Morgan fingerprint density at radius 1 is 0.553 bits per heavy atom. The van der Waals surface area contributed by atoms with Crippen molar-refractivity contribution in [3.8, 4) is 11.4 Å². The molecule has 0 fully saturated rings. The first kappa shape index (κ1) is 35.7. The van der Waals surface area contributed by atoms with Gasteiger partial charge in [0.05, 0.1) is 11.4 Å². The fourth-order valence-corrected chi connectivity index (χ4v) is 4.05. The van der Waals surface area contributed by atoms with E-state index in [0.29, 0.717) is 0 Å². The third kappa shape index (κ3) is 21.8. The van der Waals surface area contributed by atoms with Gasteiger partial charge in [0.25, 0.3) is 0 Å². The SMILES string of the molecule is C1=CCC/C=C\CC1.CCCC.CSCCSC.Cc1ccccc1C.c1ccc(-c2ccccn2)nc1. The molecule has 2 aromatic heterocycles. The zero-order chi connectivity index (χ0) is 28.1. The number of allylic oxidation sites excluding steroid dienone is 4. The molecule has 0 amide bonds. The third-order valence-corrected chi connectivity index (χ3v) is 6.83. The Morgan fingerprint density at radius 3 is 1.13 bits per heavy atom. The van der Waals surface area contributed by atoms with Crippen molar-refractivity contribution < 1.29 is 0 Å². The number of rotatable bonds is 5. The predicted octanol–water partition coefficient (Wildman–Crippen LogP) is 10.6. The van der Waals surface area contributed by atoms with Crippen molar-refractivity contribution in [3.05, 3.63) is 108 Å². The lowest BCUT2D eigenvalue weighted by atomic mass is 10.1. The molecule has 0 aliphatic heterocycles. The fourth-order valence-electron chi connectivity index (χ4n) is 2.71. The number of unbranched alkanes of at least 4 members (excludes halogenated alkanes) is 1. The molecule has 0 unspecified atom stereocenters. The van der Waals surface area contributed by atoms with E-state index in [4.69, 9.17) is 0 Å². The standard InChI is InChI=1S/C10H8N2.C8H10.C8H12.C4H10S2.C4H10/c1-3-7-11-9(5-1)10-6-2-4-8-12-10;1-7-5-3-4-6-8(7)2;1-2-4-6-8-7-5-3-1;1-5-3-4-6-2;1-3-4-2/h1-8H;3-6H,1-2H3;1-2,7-8H,3-6H2;3-4H2,1-2H3;3-4H2,1-2H3/b;;2-1-,8-7?;;. The van der Waals surface area contributed by atoms with Gasteiger partial charge in [0, 0.05) is 23.9 Å². The van der Waals surface area contributed by atoms with E-state index < -0.39 is 0 Å². The zero-order valence-corrected chi connectivity index (χ0v) is 26.2. The second-order valence-electron chi connectivity index (χ2n) is 8.60. The molecule has 1 aliphatic rings. The number of pyridine rings is 2. The van der Waals surface area contributed by atoms with Gasteiger partial charge in [-0.3, -0.25) is 9.97 Å². The second-order valence-corrected chi connectivity index (χ2v) is 10.6.